The van der Waals surface area contributed by atoms with E-state index in [4.69, 9.17) is 4.74 Å². The first-order valence-corrected chi connectivity index (χ1v) is 13.8. The third kappa shape index (κ3) is 7.02. The van der Waals surface area contributed by atoms with Gasteiger partial charge in [0.15, 0.2) is 0 Å². The van der Waals surface area contributed by atoms with Crippen LogP contribution in [0.25, 0.3) is 0 Å². The first-order chi connectivity index (χ1) is 14.5. The Balaban J connectivity index is 1.30. The predicted octanol–water partition coefficient (Wildman–Crippen LogP) is 5.05. The topological polar surface area (TPSA) is 49.9 Å². The molecule has 1 aliphatic heterocycles. The molecular formula is C23H37BrN2O3S. The fourth-order valence-electron chi connectivity index (χ4n) is 4.59. The molecular weight excluding hydrogens is 464 g/mol. The summed E-state index contributed by atoms with van der Waals surface area (Å²) in [5, 5.41) is 0. The number of benzene rings is 1. The normalized spacial score (nSPS) is 23.3. The van der Waals surface area contributed by atoms with Gasteiger partial charge in [0.25, 0.3) is 0 Å². The van der Waals surface area contributed by atoms with E-state index in [0.717, 1.165) is 43.2 Å². The molecule has 0 spiro atoms. The van der Waals surface area contributed by atoms with Crippen LogP contribution in [0.15, 0.2) is 33.6 Å². The fraction of sp³-hybridized carbons (Fsp3) is 0.739. The van der Waals surface area contributed by atoms with Gasteiger partial charge in [0, 0.05) is 24.2 Å². The average molecular weight is 502 g/mol. The molecule has 1 heterocycles. The summed E-state index contributed by atoms with van der Waals surface area (Å²) in [6.07, 6.45) is 11.7. The molecule has 1 aromatic rings. The van der Waals surface area contributed by atoms with Crippen molar-refractivity contribution < 1.29 is 13.2 Å². The summed E-state index contributed by atoms with van der Waals surface area (Å²) in [4.78, 5) is 2.94. The van der Waals surface area contributed by atoms with Crippen molar-refractivity contribution in [2.24, 2.45) is 0 Å². The van der Waals surface area contributed by atoms with Crippen LogP contribution in [-0.2, 0) is 14.8 Å². The molecule has 0 aromatic heterocycles. The summed E-state index contributed by atoms with van der Waals surface area (Å²) in [5.41, 5.74) is 0. The Labute approximate surface area is 191 Å². The summed E-state index contributed by atoms with van der Waals surface area (Å²) >= 11 is 3.36. The summed E-state index contributed by atoms with van der Waals surface area (Å²) in [5.74, 6) is 0. The maximum Gasteiger partial charge on any atom is 0.243 e. The number of nitrogens with zero attached hydrogens (tertiary/aromatic N) is 2. The molecule has 0 unspecified atom stereocenters. The lowest BCUT2D eigenvalue weighted by Gasteiger charge is -2.34. The van der Waals surface area contributed by atoms with Crippen molar-refractivity contribution in [1.29, 1.82) is 0 Å². The van der Waals surface area contributed by atoms with Gasteiger partial charge in [0.05, 0.1) is 11.0 Å². The zero-order chi connectivity index (χ0) is 21.4. The Bertz CT molecular complexity index is 727. The van der Waals surface area contributed by atoms with Crippen molar-refractivity contribution in [1.82, 2.24) is 9.21 Å². The van der Waals surface area contributed by atoms with E-state index in [1.165, 1.54) is 51.7 Å². The van der Waals surface area contributed by atoms with Crippen LogP contribution in [0.3, 0.4) is 0 Å². The van der Waals surface area contributed by atoms with Gasteiger partial charge in [-0.25, -0.2) is 8.42 Å². The Morgan fingerprint density at radius 1 is 1.00 bits per heavy atom. The van der Waals surface area contributed by atoms with E-state index in [0.29, 0.717) is 4.90 Å². The Morgan fingerprint density at radius 3 is 2.30 bits per heavy atom. The van der Waals surface area contributed by atoms with Gasteiger partial charge in [0.1, 0.15) is 0 Å². The van der Waals surface area contributed by atoms with Gasteiger partial charge in [-0.05, 0) is 95.3 Å². The van der Waals surface area contributed by atoms with Crippen molar-refractivity contribution in [3.63, 3.8) is 0 Å². The number of rotatable bonds is 11. The summed E-state index contributed by atoms with van der Waals surface area (Å²) < 4.78 is 34.3. The highest BCUT2D eigenvalue weighted by Gasteiger charge is 2.31. The zero-order valence-electron chi connectivity index (χ0n) is 18.3. The van der Waals surface area contributed by atoms with Crippen molar-refractivity contribution >= 4 is 26.0 Å². The van der Waals surface area contributed by atoms with Gasteiger partial charge < -0.3 is 9.64 Å². The van der Waals surface area contributed by atoms with Gasteiger partial charge in [-0.1, -0.05) is 28.8 Å². The first kappa shape index (κ1) is 24.2. The molecule has 0 atom stereocenters. The third-order valence-electron chi connectivity index (χ3n) is 6.57. The van der Waals surface area contributed by atoms with E-state index < -0.39 is 10.0 Å². The van der Waals surface area contributed by atoms with Crippen LogP contribution in [-0.4, -0.2) is 63.1 Å². The van der Waals surface area contributed by atoms with Crippen LogP contribution in [0.5, 0.6) is 0 Å². The van der Waals surface area contributed by atoms with Gasteiger partial charge in [0.2, 0.25) is 10.0 Å². The van der Waals surface area contributed by atoms with E-state index in [9.17, 15) is 8.42 Å². The molecule has 7 heteroatoms. The van der Waals surface area contributed by atoms with Gasteiger partial charge in [-0.3, -0.25) is 0 Å². The van der Waals surface area contributed by atoms with Crippen molar-refractivity contribution in [2.75, 3.05) is 33.3 Å². The molecule has 170 valence electrons. The molecule has 2 fully saturated rings. The fourth-order valence-corrected chi connectivity index (χ4v) is 6.27. The molecule has 3 rings (SSSR count). The maximum absolute atomic E-state index is 12.9. The van der Waals surface area contributed by atoms with E-state index >= 15 is 0 Å². The average Bonchev–Trinajstić information content (AvgIpc) is 3.27. The lowest BCUT2D eigenvalue weighted by atomic mass is 9.93. The van der Waals surface area contributed by atoms with Crippen LogP contribution >= 0.6 is 15.9 Å². The number of hydrogen-bond acceptors (Lipinski definition) is 4. The molecule has 1 saturated heterocycles. The van der Waals surface area contributed by atoms with Crippen LogP contribution in [0.1, 0.15) is 64.2 Å². The largest absolute Gasteiger partial charge is 0.378 e. The second kappa shape index (κ2) is 12.0. The van der Waals surface area contributed by atoms with Crippen molar-refractivity contribution in [3.8, 4) is 0 Å². The van der Waals surface area contributed by atoms with Crippen molar-refractivity contribution in [2.45, 2.75) is 81.2 Å². The summed E-state index contributed by atoms with van der Waals surface area (Å²) in [7, 11) is -1.73. The van der Waals surface area contributed by atoms with Gasteiger partial charge >= 0.3 is 0 Å². The molecule has 1 aromatic carbocycles. The summed E-state index contributed by atoms with van der Waals surface area (Å²) in [6.45, 7) is 4.70. The van der Waals surface area contributed by atoms with Gasteiger partial charge in [-0.2, -0.15) is 4.31 Å². The Kier molecular flexibility index (Phi) is 9.63. The number of hydrogen-bond donors (Lipinski definition) is 0. The minimum Gasteiger partial charge on any atom is -0.378 e. The van der Waals surface area contributed by atoms with Gasteiger partial charge in [-0.15, -0.1) is 0 Å². The molecule has 30 heavy (non-hydrogen) atoms. The van der Waals surface area contributed by atoms with Crippen LogP contribution < -0.4 is 0 Å². The number of halogens is 1. The molecule has 1 saturated carbocycles. The Hall–Kier alpha value is -0.470. The molecule has 0 bridgehead atoms. The zero-order valence-corrected chi connectivity index (χ0v) is 20.7. The smallest absolute Gasteiger partial charge is 0.243 e. The number of sulfonamides is 1. The van der Waals surface area contributed by atoms with Crippen LogP contribution in [0, 0.1) is 0 Å². The minimum absolute atomic E-state index is 0.0593. The second-order valence-corrected chi connectivity index (χ2v) is 11.7. The van der Waals surface area contributed by atoms with E-state index in [2.05, 4.69) is 20.8 Å². The number of ether oxygens (including phenoxy) is 1. The maximum atomic E-state index is 12.9. The van der Waals surface area contributed by atoms with Crippen LogP contribution in [0.4, 0.5) is 0 Å². The molecule has 2 aliphatic rings. The lowest BCUT2D eigenvalue weighted by Crippen LogP contribution is -2.40. The van der Waals surface area contributed by atoms with E-state index in [-0.39, 0.29) is 12.1 Å². The third-order valence-corrected chi connectivity index (χ3v) is 9.02. The highest BCUT2D eigenvalue weighted by atomic mass is 79.9. The molecule has 0 radical (unpaired) electrons. The highest BCUT2D eigenvalue weighted by molar-refractivity contribution is 9.10. The van der Waals surface area contributed by atoms with Crippen molar-refractivity contribution in [3.05, 3.63) is 28.7 Å². The first-order valence-electron chi connectivity index (χ1n) is 11.5. The highest BCUT2D eigenvalue weighted by Crippen LogP contribution is 2.28. The summed E-state index contributed by atoms with van der Waals surface area (Å²) in [6, 6.07) is 6.94. The number of unbranched alkanes of at least 4 members (excludes halogenated alkanes) is 3. The van der Waals surface area contributed by atoms with E-state index in [1.807, 2.05) is 0 Å². The standard InChI is InChI=1S/C23H37BrN2O3S/c1-25(30(27,28)23-14-8-20(24)9-15-23)21-10-12-22(13-11-21)29-19-7-3-2-4-16-26-17-5-6-18-26/h8-9,14-15,21-22H,2-7,10-13,16-19H2,1H3. The quantitative estimate of drug-likeness (QED) is 0.398. The Morgan fingerprint density at radius 2 is 1.63 bits per heavy atom. The molecule has 0 N–H and O–H groups in total. The molecule has 1 aliphatic carbocycles. The minimum atomic E-state index is -3.44. The monoisotopic (exact) mass is 500 g/mol. The predicted molar refractivity (Wildman–Crippen MR) is 125 cm³/mol. The molecule has 5 nitrogen and oxygen atoms in total. The van der Waals surface area contributed by atoms with E-state index in [1.54, 1.807) is 35.6 Å². The molecule has 0 amide bonds. The van der Waals surface area contributed by atoms with Crippen LogP contribution in [0.2, 0.25) is 0 Å². The second-order valence-electron chi connectivity index (χ2n) is 8.74. The lowest BCUT2D eigenvalue weighted by molar-refractivity contribution is 0.0156. The SMILES string of the molecule is CN(C1CCC(OCCCCCCN2CCCC2)CC1)S(=O)(=O)c1ccc(Br)cc1. The number of likely N-dealkylation sites (tertiary alicyclic amines) is 1.